The maximum Gasteiger partial charge on any atom is 0.231 e. The molecule has 1 aliphatic heterocycles. The number of para-hydroxylation sites is 1. The first-order chi connectivity index (χ1) is 8.86. The minimum Gasteiger partial charge on any atom is -0.454 e. The highest BCUT2D eigenvalue weighted by Crippen LogP contribution is 2.35. The van der Waals surface area contributed by atoms with Crippen LogP contribution in [0.3, 0.4) is 0 Å². The Morgan fingerprint density at radius 2 is 2.28 bits per heavy atom. The molecule has 0 amide bonds. The van der Waals surface area contributed by atoms with Crippen molar-refractivity contribution in [2.45, 2.75) is 38.0 Å². The summed E-state index contributed by atoms with van der Waals surface area (Å²) in [6.07, 6.45) is 3.86. The molecule has 1 aromatic carbocycles. The molecule has 0 spiro atoms. The maximum atomic E-state index is 5.50. The highest BCUT2D eigenvalue weighted by atomic mass is 16.7. The number of hydrogen-bond acceptors (Lipinski definition) is 4. The molecule has 2 aliphatic rings. The van der Waals surface area contributed by atoms with Gasteiger partial charge < -0.3 is 19.5 Å². The highest BCUT2D eigenvalue weighted by molar-refractivity contribution is 5.48. The Morgan fingerprint density at radius 3 is 3.11 bits per heavy atom. The molecule has 4 nitrogen and oxygen atoms in total. The van der Waals surface area contributed by atoms with Crippen molar-refractivity contribution in [3.8, 4) is 11.5 Å². The summed E-state index contributed by atoms with van der Waals surface area (Å²) in [5, 5.41) is 3.58. The molecular weight excluding hydrogens is 230 g/mol. The van der Waals surface area contributed by atoms with Crippen LogP contribution < -0.4 is 14.8 Å². The van der Waals surface area contributed by atoms with Crippen molar-refractivity contribution in [3.63, 3.8) is 0 Å². The second kappa shape index (κ2) is 5.16. The molecule has 0 saturated heterocycles. The van der Waals surface area contributed by atoms with Gasteiger partial charge in [0, 0.05) is 25.3 Å². The average molecular weight is 249 g/mol. The topological polar surface area (TPSA) is 39.7 Å². The molecule has 1 aromatic rings. The van der Waals surface area contributed by atoms with Crippen LogP contribution in [0, 0.1) is 0 Å². The molecule has 2 unspecified atom stereocenters. The Morgan fingerprint density at radius 1 is 1.33 bits per heavy atom. The second-order valence-electron chi connectivity index (χ2n) is 4.90. The summed E-state index contributed by atoms with van der Waals surface area (Å²) >= 11 is 0. The number of fused-ring (bicyclic) bond motifs is 1. The van der Waals surface area contributed by atoms with Crippen LogP contribution in [-0.2, 0) is 11.3 Å². The summed E-state index contributed by atoms with van der Waals surface area (Å²) in [6.45, 7) is 1.16. The molecule has 98 valence electrons. The number of methoxy groups -OCH3 is 1. The Kier molecular flexibility index (Phi) is 3.39. The predicted octanol–water partition coefficient (Wildman–Crippen LogP) is 2.07. The van der Waals surface area contributed by atoms with E-state index in [-0.39, 0.29) is 0 Å². The van der Waals surface area contributed by atoms with E-state index in [4.69, 9.17) is 14.2 Å². The molecule has 1 fully saturated rings. The molecule has 3 rings (SSSR count). The number of nitrogens with one attached hydrogen (secondary N) is 1. The highest BCUT2D eigenvalue weighted by Gasteiger charge is 2.24. The van der Waals surface area contributed by atoms with Crippen molar-refractivity contribution in [3.05, 3.63) is 23.8 Å². The summed E-state index contributed by atoms with van der Waals surface area (Å²) in [7, 11) is 1.79. The smallest absolute Gasteiger partial charge is 0.231 e. The van der Waals surface area contributed by atoms with Crippen molar-refractivity contribution in [2.75, 3.05) is 13.9 Å². The quantitative estimate of drug-likeness (QED) is 0.886. The van der Waals surface area contributed by atoms with Gasteiger partial charge in [-0.2, -0.15) is 0 Å². The van der Waals surface area contributed by atoms with Gasteiger partial charge in [-0.15, -0.1) is 0 Å². The van der Waals surface area contributed by atoms with Gasteiger partial charge in [-0.05, 0) is 25.3 Å². The minimum atomic E-state index is 0.335. The van der Waals surface area contributed by atoms with E-state index in [0.717, 1.165) is 30.9 Å². The second-order valence-corrected chi connectivity index (χ2v) is 4.90. The fraction of sp³-hybridized carbons (Fsp3) is 0.571. The molecule has 18 heavy (non-hydrogen) atoms. The molecule has 1 aliphatic carbocycles. The minimum absolute atomic E-state index is 0.335. The van der Waals surface area contributed by atoms with Gasteiger partial charge in [0.25, 0.3) is 0 Å². The van der Waals surface area contributed by atoms with Crippen molar-refractivity contribution in [1.29, 1.82) is 0 Å². The fourth-order valence-electron chi connectivity index (χ4n) is 2.72. The lowest BCUT2D eigenvalue weighted by molar-refractivity contribution is 0.107. The first-order valence-electron chi connectivity index (χ1n) is 6.50. The van der Waals surface area contributed by atoms with E-state index in [1.165, 1.54) is 12.0 Å². The van der Waals surface area contributed by atoms with Crippen LogP contribution in [0.5, 0.6) is 11.5 Å². The van der Waals surface area contributed by atoms with Crippen LogP contribution in [0.4, 0.5) is 0 Å². The van der Waals surface area contributed by atoms with Crippen molar-refractivity contribution >= 4 is 0 Å². The van der Waals surface area contributed by atoms with Crippen LogP contribution in [0.2, 0.25) is 0 Å². The Hall–Kier alpha value is -1.26. The molecular formula is C14H19NO3. The largest absolute Gasteiger partial charge is 0.454 e. The summed E-state index contributed by atoms with van der Waals surface area (Å²) in [5.41, 5.74) is 1.17. The molecule has 1 saturated carbocycles. The normalized spacial score (nSPS) is 25.6. The van der Waals surface area contributed by atoms with Crippen molar-refractivity contribution < 1.29 is 14.2 Å². The Labute approximate surface area is 107 Å². The summed E-state index contributed by atoms with van der Waals surface area (Å²) in [6, 6.07) is 6.59. The lowest BCUT2D eigenvalue weighted by Gasteiger charge is -2.13. The summed E-state index contributed by atoms with van der Waals surface area (Å²) in [4.78, 5) is 0. The van der Waals surface area contributed by atoms with Gasteiger partial charge >= 0.3 is 0 Å². The van der Waals surface area contributed by atoms with Gasteiger partial charge in [-0.3, -0.25) is 0 Å². The summed E-state index contributed by atoms with van der Waals surface area (Å²) < 4.78 is 16.3. The zero-order chi connectivity index (χ0) is 12.4. The number of ether oxygens (including phenoxy) is 3. The van der Waals surface area contributed by atoms with Gasteiger partial charge in [0.05, 0.1) is 6.10 Å². The third-order valence-corrected chi connectivity index (χ3v) is 3.78. The predicted molar refractivity (Wildman–Crippen MR) is 67.8 cm³/mol. The van der Waals surface area contributed by atoms with Crippen LogP contribution in [0.15, 0.2) is 18.2 Å². The zero-order valence-electron chi connectivity index (χ0n) is 10.6. The van der Waals surface area contributed by atoms with Crippen molar-refractivity contribution in [2.24, 2.45) is 0 Å². The third kappa shape index (κ3) is 2.31. The van der Waals surface area contributed by atoms with Crippen LogP contribution in [0.25, 0.3) is 0 Å². The molecule has 4 heteroatoms. The van der Waals surface area contributed by atoms with Gasteiger partial charge in [-0.1, -0.05) is 12.1 Å². The standard InChI is InChI=1S/C14H19NO3/c1-16-12-6-5-11(7-12)15-8-10-3-2-4-13-14(10)18-9-17-13/h2-4,11-12,15H,5-9H2,1H3. The third-order valence-electron chi connectivity index (χ3n) is 3.78. The van der Waals surface area contributed by atoms with Gasteiger partial charge in [-0.25, -0.2) is 0 Å². The fourth-order valence-corrected chi connectivity index (χ4v) is 2.72. The molecule has 1 N–H and O–H groups in total. The van der Waals surface area contributed by atoms with Crippen molar-refractivity contribution in [1.82, 2.24) is 5.32 Å². The SMILES string of the molecule is COC1CCC(NCc2cccc3c2OCO3)C1. The Bertz CT molecular complexity index is 422. The molecule has 0 bridgehead atoms. The number of benzene rings is 1. The lowest BCUT2D eigenvalue weighted by atomic mass is 10.1. The van der Waals surface area contributed by atoms with Crippen LogP contribution in [-0.4, -0.2) is 26.0 Å². The number of rotatable bonds is 4. The van der Waals surface area contributed by atoms with E-state index in [9.17, 15) is 0 Å². The van der Waals surface area contributed by atoms with E-state index in [0.29, 0.717) is 18.9 Å². The van der Waals surface area contributed by atoms with Gasteiger partial charge in [0.1, 0.15) is 0 Å². The molecule has 1 heterocycles. The molecule has 0 radical (unpaired) electrons. The van der Waals surface area contributed by atoms with E-state index in [1.54, 1.807) is 7.11 Å². The zero-order valence-corrected chi connectivity index (χ0v) is 10.6. The van der Waals surface area contributed by atoms with E-state index in [1.807, 2.05) is 12.1 Å². The lowest BCUT2D eigenvalue weighted by Crippen LogP contribution is -2.26. The summed E-state index contributed by atoms with van der Waals surface area (Å²) in [5.74, 6) is 1.75. The Balaban J connectivity index is 1.59. The van der Waals surface area contributed by atoms with Gasteiger partial charge in [0.15, 0.2) is 11.5 Å². The maximum absolute atomic E-state index is 5.50. The number of hydrogen-bond donors (Lipinski definition) is 1. The molecule has 2 atom stereocenters. The van der Waals surface area contributed by atoms with E-state index in [2.05, 4.69) is 11.4 Å². The van der Waals surface area contributed by atoms with Gasteiger partial charge in [0.2, 0.25) is 6.79 Å². The average Bonchev–Trinajstić information content (AvgIpc) is 3.05. The van der Waals surface area contributed by atoms with E-state index >= 15 is 0 Å². The first kappa shape index (κ1) is 11.8. The molecule has 0 aromatic heterocycles. The first-order valence-corrected chi connectivity index (χ1v) is 6.50. The van der Waals surface area contributed by atoms with Crippen LogP contribution in [0.1, 0.15) is 24.8 Å². The van der Waals surface area contributed by atoms with E-state index < -0.39 is 0 Å². The van der Waals surface area contributed by atoms with Crippen LogP contribution >= 0.6 is 0 Å². The monoisotopic (exact) mass is 249 g/mol.